The minimum atomic E-state index is -3.50. The van der Waals surface area contributed by atoms with Crippen LogP contribution in [0, 0.1) is 22.7 Å². The minimum absolute atomic E-state index is 0.0958. The van der Waals surface area contributed by atoms with Gasteiger partial charge in [-0.15, -0.1) is 0 Å². The molecule has 3 aliphatic rings. The van der Waals surface area contributed by atoms with Gasteiger partial charge in [0.2, 0.25) is 5.91 Å². The highest BCUT2D eigenvalue weighted by Gasteiger charge is 2.70. The number of hydrogen-bond acceptors (Lipinski definition) is 5. The highest BCUT2D eigenvalue weighted by atomic mass is 32.2. The molecule has 3 fully saturated rings. The summed E-state index contributed by atoms with van der Waals surface area (Å²) in [6.07, 6.45) is 3.71. The lowest BCUT2D eigenvalue weighted by Gasteiger charge is -2.41. The van der Waals surface area contributed by atoms with Crippen LogP contribution in [0.2, 0.25) is 0 Å². The molecule has 0 spiro atoms. The summed E-state index contributed by atoms with van der Waals surface area (Å²) in [5.41, 5.74) is -1.70. The van der Waals surface area contributed by atoms with Crippen molar-refractivity contribution in [2.24, 2.45) is 22.7 Å². The monoisotopic (exact) mass is 527 g/mol. The van der Waals surface area contributed by atoms with Gasteiger partial charge in [0, 0.05) is 12.5 Å². The van der Waals surface area contributed by atoms with E-state index in [1.807, 2.05) is 34.6 Å². The number of fused-ring (bicyclic) bond motifs is 1. The zero-order valence-corrected chi connectivity index (χ0v) is 23.9. The van der Waals surface area contributed by atoms with E-state index in [2.05, 4.69) is 10.6 Å². The summed E-state index contributed by atoms with van der Waals surface area (Å²) in [6.45, 7) is 14.9. The van der Waals surface area contributed by atoms with Crippen LogP contribution in [0.3, 0.4) is 0 Å². The first-order valence-electron chi connectivity index (χ1n) is 13.1. The first-order chi connectivity index (χ1) is 16.2. The molecule has 3 N–H and O–H groups in total. The molecule has 2 saturated carbocycles. The van der Waals surface area contributed by atoms with E-state index in [1.165, 1.54) is 4.90 Å². The van der Waals surface area contributed by atoms with Crippen molar-refractivity contribution in [3.8, 4) is 0 Å². The van der Waals surface area contributed by atoms with E-state index in [9.17, 15) is 27.9 Å². The molecule has 3 amide bonds. The van der Waals surface area contributed by atoms with Crippen LogP contribution >= 0.6 is 0 Å². The maximum absolute atomic E-state index is 13.7. The standard InChI is InChI=1S/C26H45N3O6S/c1-23(2,3)19(20(30)29-14-16-17(25(16,7)8)18(29)21(31)32)27-22(33)28-26(12-10-9-11-13-26)15-36(34,35)24(4,5)6/h16-19H,9-15H2,1-8H3,(H,31,32)(H2,27,28,33)/t16-,17-,18-,19+/m0/s1. The normalized spacial score (nSPS) is 28.1. The van der Waals surface area contributed by atoms with E-state index in [0.29, 0.717) is 19.4 Å². The lowest BCUT2D eigenvalue weighted by atomic mass is 9.83. The van der Waals surface area contributed by atoms with Gasteiger partial charge in [0.15, 0.2) is 9.84 Å². The molecule has 10 heteroatoms. The van der Waals surface area contributed by atoms with Crippen LogP contribution in [0.15, 0.2) is 0 Å². The molecule has 0 unspecified atom stereocenters. The van der Waals surface area contributed by atoms with Crippen LogP contribution in [-0.4, -0.2) is 71.0 Å². The quantitative estimate of drug-likeness (QED) is 0.486. The summed E-state index contributed by atoms with van der Waals surface area (Å²) in [5, 5.41) is 15.7. The third-order valence-electron chi connectivity index (χ3n) is 8.72. The topological polar surface area (TPSA) is 133 Å². The van der Waals surface area contributed by atoms with Crippen LogP contribution in [0.5, 0.6) is 0 Å². The molecule has 1 saturated heterocycles. The molecule has 4 atom stereocenters. The Bertz CT molecular complexity index is 1000. The largest absolute Gasteiger partial charge is 0.480 e. The molecule has 206 valence electrons. The molecular weight excluding hydrogens is 482 g/mol. The fourth-order valence-corrected chi connectivity index (χ4v) is 7.65. The van der Waals surface area contributed by atoms with Gasteiger partial charge in [-0.3, -0.25) is 4.79 Å². The zero-order valence-electron chi connectivity index (χ0n) is 23.1. The fraction of sp³-hybridized carbons (Fsp3) is 0.885. The first-order valence-corrected chi connectivity index (χ1v) is 14.7. The van der Waals surface area contributed by atoms with Gasteiger partial charge in [-0.25, -0.2) is 18.0 Å². The second-order valence-electron chi connectivity index (χ2n) is 13.8. The first kappa shape index (κ1) is 28.7. The number of nitrogens with one attached hydrogen (secondary N) is 2. The highest BCUT2D eigenvalue weighted by molar-refractivity contribution is 7.92. The van der Waals surface area contributed by atoms with Crippen LogP contribution in [0.1, 0.15) is 87.5 Å². The fourth-order valence-electron chi connectivity index (χ4n) is 6.13. The maximum Gasteiger partial charge on any atom is 0.326 e. The average molecular weight is 528 g/mol. The molecule has 3 rings (SSSR count). The second kappa shape index (κ2) is 9.17. The molecule has 36 heavy (non-hydrogen) atoms. The van der Waals surface area contributed by atoms with Gasteiger partial charge in [0.1, 0.15) is 12.1 Å². The number of amides is 3. The Labute approximate surface area is 216 Å². The van der Waals surface area contributed by atoms with E-state index in [-0.39, 0.29) is 23.0 Å². The van der Waals surface area contributed by atoms with Crippen LogP contribution in [0.25, 0.3) is 0 Å². The number of carbonyl (C=O) groups is 3. The Balaban J connectivity index is 1.80. The van der Waals surface area contributed by atoms with E-state index < -0.39 is 55.5 Å². The number of hydrogen-bond donors (Lipinski definition) is 3. The van der Waals surface area contributed by atoms with Gasteiger partial charge in [-0.2, -0.15) is 0 Å². The maximum atomic E-state index is 13.7. The van der Waals surface area contributed by atoms with E-state index >= 15 is 0 Å². The van der Waals surface area contributed by atoms with Crippen molar-refractivity contribution in [1.29, 1.82) is 0 Å². The molecule has 1 heterocycles. The molecular formula is C26H45N3O6S. The smallest absolute Gasteiger partial charge is 0.326 e. The Hall–Kier alpha value is -1.84. The summed E-state index contributed by atoms with van der Waals surface area (Å²) in [4.78, 5) is 40.5. The van der Waals surface area contributed by atoms with Crippen molar-refractivity contribution >= 4 is 27.7 Å². The van der Waals surface area contributed by atoms with Crippen LogP contribution in [0.4, 0.5) is 4.79 Å². The predicted molar refractivity (Wildman–Crippen MR) is 138 cm³/mol. The van der Waals surface area contributed by atoms with Gasteiger partial charge in [-0.1, -0.05) is 53.9 Å². The molecule has 0 aromatic heterocycles. The number of carboxylic acids is 1. The average Bonchev–Trinajstić information content (AvgIpc) is 3.06. The molecule has 2 aliphatic carbocycles. The van der Waals surface area contributed by atoms with Crippen molar-refractivity contribution in [3.63, 3.8) is 0 Å². The lowest BCUT2D eigenvalue weighted by molar-refractivity contribution is -0.152. The second-order valence-corrected chi connectivity index (χ2v) is 16.6. The van der Waals surface area contributed by atoms with Crippen molar-refractivity contribution in [2.75, 3.05) is 12.3 Å². The minimum Gasteiger partial charge on any atom is -0.480 e. The van der Waals surface area contributed by atoms with Crippen molar-refractivity contribution in [2.45, 2.75) is 110 Å². The summed E-state index contributed by atoms with van der Waals surface area (Å²) < 4.78 is 25.2. The highest BCUT2D eigenvalue weighted by Crippen LogP contribution is 2.65. The molecule has 0 aromatic carbocycles. The van der Waals surface area contributed by atoms with Crippen LogP contribution in [-0.2, 0) is 19.4 Å². The van der Waals surface area contributed by atoms with Gasteiger partial charge in [0.25, 0.3) is 0 Å². The third-order valence-corrected chi connectivity index (χ3v) is 11.5. The number of urea groups is 1. The number of carbonyl (C=O) groups excluding carboxylic acids is 2. The third kappa shape index (κ3) is 5.38. The zero-order chi connectivity index (χ0) is 27.5. The predicted octanol–water partition coefficient (Wildman–Crippen LogP) is 3.18. The van der Waals surface area contributed by atoms with E-state index in [4.69, 9.17) is 0 Å². The van der Waals surface area contributed by atoms with Gasteiger partial charge in [-0.05, 0) is 50.4 Å². The van der Waals surface area contributed by atoms with E-state index in [0.717, 1.165) is 19.3 Å². The Morgan fingerprint density at radius 3 is 2.06 bits per heavy atom. The molecule has 0 bridgehead atoms. The summed E-state index contributed by atoms with van der Waals surface area (Å²) >= 11 is 0. The molecule has 9 nitrogen and oxygen atoms in total. The van der Waals surface area contributed by atoms with Crippen molar-refractivity contribution in [1.82, 2.24) is 15.5 Å². The van der Waals surface area contributed by atoms with Gasteiger partial charge in [0.05, 0.1) is 16.0 Å². The number of piperidine rings is 1. The van der Waals surface area contributed by atoms with E-state index in [1.54, 1.807) is 20.8 Å². The van der Waals surface area contributed by atoms with Crippen molar-refractivity contribution < 1.29 is 27.9 Å². The summed E-state index contributed by atoms with van der Waals surface area (Å²) in [7, 11) is -3.50. The lowest BCUT2D eigenvalue weighted by Crippen LogP contribution is -2.63. The number of likely N-dealkylation sites (tertiary alicyclic amines) is 1. The number of sulfone groups is 1. The Morgan fingerprint density at radius 2 is 1.58 bits per heavy atom. The number of aliphatic carboxylic acids is 1. The Kier molecular flexibility index (Phi) is 7.32. The summed E-state index contributed by atoms with van der Waals surface area (Å²) in [6, 6.07) is -2.46. The Morgan fingerprint density at radius 1 is 1.03 bits per heavy atom. The summed E-state index contributed by atoms with van der Waals surface area (Å²) in [5.74, 6) is -1.55. The number of carboxylic acid groups (broad SMARTS) is 1. The molecule has 1 aliphatic heterocycles. The molecule has 0 radical (unpaired) electrons. The van der Waals surface area contributed by atoms with Crippen molar-refractivity contribution in [3.05, 3.63) is 0 Å². The van der Waals surface area contributed by atoms with Gasteiger partial charge >= 0.3 is 12.0 Å². The van der Waals surface area contributed by atoms with Gasteiger partial charge < -0.3 is 20.6 Å². The number of nitrogens with zero attached hydrogens (tertiary/aromatic N) is 1. The number of rotatable bonds is 6. The SMILES string of the molecule is CC(C)(C)[C@H](NC(=O)NC1(CS(=O)(=O)C(C)(C)C)CCCCC1)C(=O)N1C[C@H]2[C@@H]([C@H]1C(=O)O)C2(C)C. The van der Waals surface area contributed by atoms with Crippen LogP contribution < -0.4 is 10.6 Å². The molecule has 0 aromatic rings.